The lowest BCUT2D eigenvalue weighted by Gasteiger charge is -2.07. The molecule has 4 nitrogen and oxygen atoms in total. The first-order chi connectivity index (χ1) is 7.91. The maximum atomic E-state index is 12.2. The van der Waals surface area contributed by atoms with Gasteiger partial charge in [-0.1, -0.05) is 6.07 Å². The van der Waals surface area contributed by atoms with Crippen LogP contribution in [0.15, 0.2) is 35.6 Å². The zero-order chi connectivity index (χ0) is 12.6. The van der Waals surface area contributed by atoms with Crippen LogP contribution in [0.4, 0.5) is 0 Å². The van der Waals surface area contributed by atoms with Crippen LogP contribution in [0.1, 0.15) is 16.8 Å². The molecule has 0 aliphatic heterocycles. The van der Waals surface area contributed by atoms with E-state index >= 15 is 0 Å². The van der Waals surface area contributed by atoms with Crippen molar-refractivity contribution in [2.75, 3.05) is 0 Å². The Hall–Kier alpha value is -1.62. The Balaban J connectivity index is 2.56. The van der Waals surface area contributed by atoms with E-state index in [0.29, 0.717) is 5.69 Å². The van der Waals surface area contributed by atoms with Crippen molar-refractivity contribution in [1.29, 1.82) is 0 Å². The highest BCUT2D eigenvalue weighted by molar-refractivity contribution is 7.90. The first-order valence-electron chi connectivity index (χ1n) is 5.24. The van der Waals surface area contributed by atoms with Gasteiger partial charge < -0.3 is 0 Å². The van der Waals surface area contributed by atoms with Gasteiger partial charge in [0.15, 0.2) is 0 Å². The SMILES string of the molecule is Cc1cn(S(=O)(=O)c2ccc(C)c(C)c2)cn1. The standard InChI is InChI=1S/C12H14N2O2S/c1-9-4-5-12(6-10(9)2)17(15,16)14-7-11(3)13-8-14/h4-8H,1-3H3. The Morgan fingerprint density at radius 3 is 2.35 bits per heavy atom. The Morgan fingerprint density at radius 2 is 1.82 bits per heavy atom. The molecule has 2 aromatic rings. The molecule has 0 unspecified atom stereocenters. The minimum atomic E-state index is -3.50. The highest BCUT2D eigenvalue weighted by Crippen LogP contribution is 2.17. The number of aromatic nitrogens is 2. The molecule has 0 saturated carbocycles. The van der Waals surface area contributed by atoms with Crippen LogP contribution in [0, 0.1) is 20.8 Å². The zero-order valence-corrected chi connectivity index (χ0v) is 10.8. The molecule has 0 bridgehead atoms. The van der Waals surface area contributed by atoms with E-state index in [0.717, 1.165) is 15.1 Å². The quantitative estimate of drug-likeness (QED) is 0.819. The molecule has 0 amide bonds. The van der Waals surface area contributed by atoms with Crippen molar-refractivity contribution >= 4 is 10.0 Å². The van der Waals surface area contributed by atoms with Gasteiger partial charge in [0, 0.05) is 6.20 Å². The molecule has 1 heterocycles. The molecule has 90 valence electrons. The van der Waals surface area contributed by atoms with Gasteiger partial charge in [-0.05, 0) is 44.0 Å². The van der Waals surface area contributed by atoms with Crippen LogP contribution in [0.2, 0.25) is 0 Å². The van der Waals surface area contributed by atoms with Crippen molar-refractivity contribution < 1.29 is 8.42 Å². The average Bonchev–Trinajstić information content (AvgIpc) is 2.69. The summed E-state index contributed by atoms with van der Waals surface area (Å²) in [6.07, 6.45) is 2.82. The van der Waals surface area contributed by atoms with Gasteiger partial charge in [-0.3, -0.25) is 0 Å². The summed E-state index contributed by atoms with van der Waals surface area (Å²) in [5, 5.41) is 0. The monoisotopic (exact) mass is 250 g/mol. The number of rotatable bonds is 2. The summed E-state index contributed by atoms with van der Waals surface area (Å²) in [6, 6.07) is 5.11. The van der Waals surface area contributed by atoms with Crippen molar-refractivity contribution in [2.24, 2.45) is 0 Å². The molecule has 0 radical (unpaired) electrons. The number of benzene rings is 1. The highest BCUT2D eigenvalue weighted by atomic mass is 32.2. The van der Waals surface area contributed by atoms with Gasteiger partial charge in [-0.25, -0.2) is 17.4 Å². The minimum absolute atomic E-state index is 0.290. The van der Waals surface area contributed by atoms with Gasteiger partial charge in [0.25, 0.3) is 10.0 Å². The third kappa shape index (κ3) is 2.10. The molecule has 0 aliphatic rings. The van der Waals surface area contributed by atoms with Gasteiger partial charge >= 0.3 is 0 Å². The summed E-state index contributed by atoms with van der Waals surface area (Å²) < 4.78 is 25.6. The number of hydrogen-bond donors (Lipinski definition) is 0. The highest BCUT2D eigenvalue weighted by Gasteiger charge is 2.17. The Labute approximate surface area is 101 Å². The van der Waals surface area contributed by atoms with Gasteiger partial charge in [0.1, 0.15) is 6.33 Å². The summed E-state index contributed by atoms with van der Waals surface area (Å²) in [6.45, 7) is 5.60. The maximum Gasteiger partial charge on any atom is 0.268 e. The molecule has 1 aromatic heterocycles. The summed E-state index contributed by atoms with van der Waals surface area (Å²) in [4.78, 5) is 4.22. The molecule has 0 spiro atoms. The van der Waals surface area contributed by atoms with Crippen LogP contribution in [-0.4, -0.2) is 17.4 Å². The van der Waals surface area contributed by atoms with Crippen LogP contribution in [0.25, 0.3) is 0 Å². The normalized spacial score (nSPS) is 11.7. The Morgan fingerprint density at radius 1 is 1.12 bits per heavy atom. The van der Waals surface area contributed by atoms with E-state index in [4.69, 9.17) is 0 Å². The van der Waals surface area contributed by atoms with Crippen LogP contribution >= 0.6 is 0 Å². The predicted octanol–water partition coefficient (Wildman–Crippen LogP) is 2.05. The fourth-order valence-electron chi connectivity index (χ4n) is 1.53. The van der Waals surface area contributed by atoms with Gasteiger partial charge in [-0.15, -0.1) is 0 Å². The Kier molecular flexibility index (Phi) is 2.79. The smallest absolute Gasteiger partial charge is 0.241 e. The van der Waals surface area contributed by atoms with Crippen LogP contribution in [0.5, 0.6) is 0 Å². The molecule has 17 heavy (non-hydrogen) atoms. The van der Waals surface area contributed by atoms with Crippen molar-refractivity contribution in [3.05, 3.63) is 47.5 Å². The zero-order valence-electron chi connectivity index (χ0n) is 10.0. The molecule has 2 rings (SSSR count). The predicted molar refractivity (Wildman–Crippen MR) is 65.5 cm³/mol. The molecule has 0 atom stereocenters. The number of hydrogen-bond acceptors (Lipinski definition) is 3. The van der Waals surface area contributed by atoms with Crippen molar-refractivity contribution in [2.45, 2.75) is 25.7 Å². The molecule has 0 saturated heterocycles. The lowest BCUT2D eigenvalue weighted by atomic mass is 10.1. The fourth-order valence-corrected chi connectivity index (χ4v) is 2.80. The largest absolute Gasteiger partial charge is 0.268 e. The van der Waals surface area contributed by atoms with E-state index in [1.54, 1.807) is 19.1 Å². The number of imidazole rings is 1. The summed E-state index contributed by atoms with van der Waals surface area (Å²) in [5.74, 6) is 0. The fraction of sp³-hybridized carbons (Fsp3) is 0.250. The summed E-state index contributed by atoms with van der Waals surface area (Å²) >= 11 is 0. The van der Waals surface area contributed by atoms with Crippen LogP contribution in [0.3, 0.4) is 0 Å². The lowest BCUT2D eigenvalue weighted by Crippen LogP contribution is -2.11. The van der Waals surface area contributed by atoms with Crippen LogP contribution in [-0.2, 0) is 10.0 Å². The van der Waals surface area contributed by atoms with Gasteiger partial charge in [0.2, 0.25) is 0 Å². The van der Waals surface area contributed by atoms with E-state index in [-0.39, 0.29) is 4.90 Å². The maximum absolute atomic E-state index is 12.2. The number of nitrogens with zero attached hydrogens (tertiary/aromatic N) is 2. The second-order valence-corrected chi connectivity index (χ2v) is 5.94. The van der Waals surface area contributed by atoms with Gasteiger partial charge in [0.05, 0.1) is 10.6 Å². The lowest BCUT2D eigenvalue weighted by molar-refractivity contribution is 0.587. The minimum Gasteiger partial charge on any atom is -0.241 e. The molecule has 0 aliphatic carbocycles. The summed E-state index contributed by atoms with van der Waals surface area (Å²) in [7, 11) is -3.50. The second-order valence-electron chi connectivity index (χ2n) is 4.10. The third-order valence-electron chi connectivity index (χ3n) is 2.74. The molecule has 5 heteroatoms. The first-order valence-corrected chi connectivity index (χ1v) is 6.69. The second kappa shape index (κ2) is 4.00. The van der Waals surface area contributed by atoms with Crippen LogP contribution < -0.4 is 0 Å². The molecular formula is C12H14N2O2S. The average molecular weight is 250 g/mol. The summed E-state index contributed by atoms with van der Waals surface area (Å²) in [5.41, 5.74) is 2.71. The molecule has 0 N–H and O–H groups in total. The van der Waals surface area contributed by atoms with E-state index in [1.165, 1.54) is 12.5 Å². The van der Waals surface area contributed by atoms with E-state index in [1.807, 2.05) is 19.9 Å². The molecule has 1 aromatic carbocycles. The third-order valence-corrected chi connectivity index (χ3v) is 4.35. The van der Waals surface area contributed by atoms with Crippen molar-refractivity contribution in [3.8, 4) is 0 Å². The van der Waals surface area contributed by atoms with Crippen molar-refractivity contribution in [1.82, 2.24) is 8.96 Å². The molecule has 0 fully saturated rings. The number of aryl methyl sites for hydroxylation is 3. The first kappa shape index (κ1) is 11.9. The Bertz CT molecular complexity index is 657. The van der Waals surface area contributed by atoms with Gasteiger partial charge in [-0.2, -0.15) is 0 Å². The van der Waals surface area contributed by atoms with Crippen molar-refractivity contribution in [3.63, 3.8) is 0 Å². The van der Waals surface area contributed by atoms with E-state index in [9.17, 15) is 8.42 Å². The topological polar surface area (TPSA) is 52.0 Å². The molecular weight excluding hydrogens is 236 g/mol. The van der Waals surface area contributed by atoms with E-state index < -0.39 is 10.0 Å². The van der Waals surface area contributed by atoms with E-state index in [2.05, 4.69) is 4.98 Å².